The molecule has 5 nitrogen and oxygen atoms in total. The van der Waals surface area contributed by atoms with Crippen molar-refractivity contribution >= 4 is 11.7 Å². The topological polar surface area (TPSA) is 65.4 Å². The first kappa shape index (κ1) is 18.1. The summed E-state index contributed by atoms with van der Waals surface area (Å²) in [4.78, 5) is 14.3. The molecule has 128 valence electrons. The van der Waals surface area contributed by atoms with Gasteiger partial charge in [-0.25, -0.2) is 4.79 Å². The Morgan fingerprint density at radius 2 is 2.16 bits per heavy atom. The summed E-state index contributed by atoms with van der Waals surface area (Å²) in [6.07, 6.45) is 1.67. The zero-order valence-corrected chi connectivity index (χ0v) is 14.5. The van der Waals surface area contributed by atoms with E-state index in [1.54, 1.807) is 36.3 Å². The number of nitrogens with one attached hydrogen (secondary N) is 1. The summed E-state index contributed by atoms with van der Waals surface area (Å²) in [6, 6.07) is 14.6. The predicted molar refractivity (Wildman–Crippen MR) is 98.5 cm³/mol. The van der Waals surface area contributed by atoms with Crippen LogP contribution in [0.2, 0.25) is 0 Å². The number of ether oxygens (including phenoxy) is 1. The molecule has 0 aliphatic carbocycles. The van der Waals surface area contributed by atoms with E-state index < -0.39 is 0 Å². The molecule has 0 fully saturated rings. The second-order valence-corrected chi connectivity index (χ2v) is 5.59. The summed E-state index contributed by atoms with van der Waals surface area (Å²) in [5.41, 5.74) is 3.10. The average Bonchev–Trinajstić information content (AvgIpc) is 2.63. The van der Waals surface area contributed by atoms with Crippen LogP contribution in [-0.4, -0.2) is 24.6 Å². The Kier molecular flexibility index (Phi) is 6.19. The lowest BCUT2D eigenvalue weighted by Crippen LogP contribution is -2.34. The largest absolute Gasteiger partial charge is 0.497 e. The van der Waals surface area contributed by atoms with Crippen molar-refractivity contribution in [1.29, 1.82) is 5.26 Å². The Labute approximate surface area is 148 Å². The maximum atomic E-state index is 12.7. The van der Waals surface area contributed by atoms with Gasteiger partial charge in [-0.2, -0.15) is 5.26 Å². The molecule has 2 aromatic carbocycles. The number of anilines is 1. The molecule has 0 radical (unpaired) electrons. The average molecular weight is 335 g/mol. The molecule has 5 heteroatoms. The van der Waals surface area contributed by atoms with Gasteiger partial charge in [0.15, 0.2) is 0 Å². The van der Waals surface area contributed by atoms with Gasteiger partial charge < -0.3 is 15.0 Å². The van der Waals surface area contributed by atoms with Gasteiger partial charge >= 0.3 is 6.03 Å². The first-order valence-corrected chi connectivity index (χ1v) is 7.88. The van der Waals surface area contributed by atoms with Crippen LogP contribution in [0, 0.1) is 18.3 Å². The van der Waals surface area contributed by atoms with E-state index in [-0.39, 0.29) is 6.03 Å². The normalized spacial score (nSPS) is 9.80. The number of nitriles is 1. The van der Waals surface area contributed by atoms with Crippen LogP contribution >= 0.6 is 0 Å². The fourth-order valence-corrected chi connectivity index (χ4v) is 2.39. The van der Waals surface area contributed by atoms with Crippen LogP contribution < -0.4 is 10.1 Å². The van der Waals surface area contributed by atoms with Crippen molar-refractivity contribution in [2.24, 2.45) is 0 Å². The van der Waals surface area contributed by atoms with Crippen LogP contribution in [0.25, 0.3) is 0 Å². The van der Waals surface area contributed by atoms with Crippen molar-refractivity contribution in [1.82, 2.24) is 4.90 Å². The van der Waals surface area contributed by atoms with Gasteiger partial charge in [-0.05, 0) is 36.2 Å². The number of methoxy groups -OCH3 is 1. The monoisotopic (exact) mass is 335 g/mol. The summed E-state index contributed by atoms with van der Waals surface area (Å²) in [5.74, 6) is 0.679. The first-order valence-electron chi connectivity index (χ1n) is 7.88. The number of aryl methyl sites for hydroxylation is 1. The zero-order valence-electron chi connectivity index (χ0n) is 14.5. The van der Waals surface area contributed by atoms with E-state index >= 15 is 0 Å². The number of hydrogen-bond donors (Lipinski definition) is 1. The highest BCUT2D eigenvalue weighted by molar-refractivity contribution is 5.90. The molecule has 1 N–H and O–H groups in total. The van der Waals surface area contributed by atoms with Crippen molar-refractivity contribution in [3.63, 3.8) is 0 Å². The van der Waals surface area contributed by atoms with Gasteiger partial charge in [-0.15, -0.1) is 6.58 Å². The molecule has 0 saturated carbocycles. The molecule has 0 unspecified atom stereocenters. The minimum Gasteiger partial charge on any atom is -0.497 e. The van der Waals surface area contributed by atoms with Gasteiger partial charge in [0, 0.05) is 24.8 Å². The maximum absolute atomic E-state index is 12.7. The van der Waals surface area contributed by atoms with E-state index in [1.165, 1.54) is 0 Å². The second kappa shape index (κ2) is 8.55. The number of urea groups is 1. The summed E-state index contributed by atoms with van der Waals surface area (Å²) in [7, 11) is 1.59. The number of amides is 2. The smallest absolute Gasteiger partial charge is 0.322 e. The summed E-state index contributed by atoms with van der Waals surface area (Å²) in [5, 5.41) is 11.9. The lowest BCUT2D eigenvalue weighted by Gasteiger charge is -2.22. The number of hydrogen-bond acceptors (Lipinski definition) is 3. The number of nitrogens with zero attached hydrogens (tertiary/aromatic N) is 2. The summed E-state index contributed by atoms with van der Waals surface area (Å²) >= 11 is 0. The molecule has 0 saturated heterocycles. The van der Waals surface area contributed by atoms with E-state index in [4.69, 9.17) is 10.00 Å². The van der Waals surface area contributed by atoms with Crippen molar-refractivity contribution in [3.05, 3.63) is 71.8 Å². The lowest BCUT2D eigenvalue weighted by atomic mass is 10.1. The van der Waals surface area contributed by atoms with E-state index in [9.17, 15) is 4.79 Å². The van der Waals surface area contributed by atoms with Crippen molar-refractivity contribution in [2.75, 3.05) is 19.0 Å². The molecular formula is C20H21N3O2. The molecule has 0 bridgehead atoms. The lowest BCUT2D eigenvalue weighted by molar-refractivity contribution is 0.215. The van der Waals surface area contributed by atoms with Crippen LogP contribution in [-0.2, 0) is 6.54 Å². The Morgan fingerprint density at radius 1 is 1.36 bits per heavy atom. The van der Waals surface area contributed by atoms with Gasteiger partial charge in [0.25, 0.3) is 0 Å². The molecular weight excluding hydrogens is 314 g/mol. The van der Waals surface area contributed by atoms with Crippen LogP contribution in [0.15, 0.2) is 55.1 Å². The molecule has 2 rings (SSSR count). The minimum absolute atomic E-state index is 0.237. The van der Waals surface area contributed by atoms with E-state index in [0.29, 0.717) is 30.1 Å². The molecule has 0 spiro atoms. The highest BCUT2D eigenvalue weighted by atomic mass is 16.5. The van der Waals surface area contributed by atoms with E-state index in [2.05, 4.69) is 18.0 Å². The standard InChI is InChI=1S/C20H21N3O2/c1-4-10-23(14-17-7-5-6-16(11-17)13-21)20(24)22-19-12-18(25-3)9-8-15(19)2/h4-9,11-12H,1,10,14H2,2-3H3,(H,22,24). The van der Waals surface area contributed by atoms with E-state index in [1.807, 2.05) is 31.2 Å². The maximum Gasteiger partial charge on any atom is 0.322 e. The SMILES string of the molecule is C=CCN(Cc1cccc(C#N)c1)C(=O)Nc1cc(OC)ccc1C. The van der Waals surface area contributed by atoms with Crippen LogP contribution in [0.5, 0.6) is 5.75 Å². The Morgan fingerprint density at radius 3 is 2.84 bits per heavy atom. The summed E-state index contributed by atoms with van der Waals surface area (Å²) < 4.78 is 5.21. The fraction of sp³-hybridized carbons (Fsp3) is 0.200. The molecule has 0 aromatic heterocycles. The van der Waals surface area contributed by atoms with Gasteiger partial charge in [0.1, 0.15) is 5.75 Å². The second-order valence-electron chi connectivity index (χ2n) is 5.59. The third kappa shape index (κ3) is 4.85. The van der Waals surface area contributed by atoms with Crippen molar-refractivity contribution < 1.29 is 9.53 Å². The number of rotatable bonds is 6. The quantitative estimate of drug-likeness (QED) is 0.808. The Bertz CT molecular complexity index is 809. The highest BCUT2D eigenvalue weighted by Crippen LogP contribution is 2.22. The summed E-state index contributed by atoms with van der Waals surface area (Å²) in [6.45, 7) is 6.42. The van der Waals surface area contributed by atoms with Gasteiger partial charge in [0.05, 0.1) is 18.7 Å². The molecule has 2 aromatic rings. The Hall–Kier alpha value is -3.26. The zero-order chi connectivity index (χ0) is 18.2. The predicted octanol–water partition coefficient (Wildman–Crippen LogP) is 4.10. The molecule has 25 heavy (non-hydrogen) atoms. The van der Waals surface area contributed by atoms with E-state index in [0.717, 1.165) is 11.1 Å². The van der Waals surface area contributed by atoms with Crippen molar-refractivity contribution in [2.45, 2.75) is 13.5 Å². The van der Waals surface area contributed by atoms with Crippen LogP contribution in [0.1, 0.15) is 16.7 Å². The molecule has 2 amide bonds. The van der Waals surface area contributed by atoms with Crippen LogP contribution in [0.3, 0.4) is 0 Å². The minimum atomic E-state index is -0.237. The molecule has 0 aliphatic heterocycles. The first-order chi connectivity index (χ1) is 12.1. The van der Waals surface area contributed by atoms with Crippen molar-refractivity contribution in [3.8, 4) is 11.8 Å². The third-order valence-electron chi connectivity index (χ3n) is 3.75. The molecule has 0 atom stereocenters. The fourth-order valence-electron chi connectivity index (χ4n) is 2.39. The number of carbonyl (C=O) groups is 1. The van der Waals surface area contributed by atoms with Gasteiger partial charge in [0.2, 0.25) is 0 Å². The molecule has 0 heterocycles. The number of carbonyl (C=O) groups excluding carboxylic acids is 1. The third-order valence-corrected chi connectivity index (χ3v) is 3.75. The van der Waals surface area contributed by atoms with Gasteiger partial charge in [-0.1, -0.05) is 24.3 Å². The highest BCUT2D eigenvalue weighted by Gasteiger charge is 2.14. The van der Waals surface area contributed by atoms with Gasteiger partial charge in [-0.3, -0.25) is 0 Å². The van der Waals surface area contributed by atoms with Crippen LogP contribution in [0.4, 0.5) is 10.5 Å². The Balaban J connectivity index is 2.17. The molecule has 0 aliphatic rings. The number of benzene rings is 2.